The number of nitrogens with zero attached hydrogens (tertiary/aromatic N) is 3. The summed E-state index contributed by atoms with van der Waals surface area (Å²) in [7, 11) is 0. The normalized spacial score (nSPS) is 14.0. The van der Waals surface area contributed by atoms with Crippen molar-refractivity contribution in [2.75, 3.05) is 26.2 Å². The summed E-state index contributed by atoms with van der Waals surface area (Å²) in [4.78, 5) is 40.0. The average molecular weight is 414 g/mol. The number of benzene rings is 1. The van der Waals surface area contributed by atoms with E-state index in [-0.39, 0.29) is 23.8 Å². The van der Waals surface area contributed by atoms with Crippen LogP contribution in [0.3, 0.4) is 0 Å². The van der Waals surface area contributed by atoms with Gasteiger partial charge >= 0.3 is 0 Å². The SMILES string of the molecule is C=CC(=O)N1CCN(C(=O)CCn2cc(-c3ccccc3Cl)c(C)cc2=O)CC1. The fourth-order valence-electron chi connectivity index (χ4n) is 3.48. The second kappa shape index (κ2) is 9.09. The predicted molar refractivity (Wildman–Crippen MR) is 114 cm³/mol. The lowest BCUT2D eigenvalue weighted by molar-refractivity contribution is -0.137. The lowest BCUT2D eigenvalue weighted by Crippen LogP contribution is -2.50. The Hall–Kier alpha value is -2.86. The minimum Gasteiger partial charge on any atom is -0.339 e. The van der Waals surface area contributed by atoms with E-state index in [0.717, 1.165) is 16.7 Å². The first-order valence-electron chi connectivity index (χ1n) is 9.56. The molecule has 1 fully saturated rings. The first-order valence-corrected chi connectivity index (χ1v) is 9.93. The number of carbonyl (C=O) groups is 2. The molecule has 0 atom stereocenters. The van der Waals surface area contributed by atoms with Gasteiger partial charge in [-0.2, -0.15) is 0 Å². The predicted octanol–water partition coefficient (Wildman–Crippen LogP) is 2.72. The maximum absolute atomic E-state index is 12.6. The lowest BCUT2D eigenvalue weighted by atomic mass is 10.0. The van der Waals surface area contributed by atoms with Crippen molar-refractivity contribution in [1.29, 1.82) is 0 Å². The van der Waals surface area contributed by atoms with Crippen LogP contribution in [-0.4, -0.2) is 52.4 Å². The summed E-state index contributed by atoms with van der Waals surface area (Å²) in [5, 5.41) is 0.615. The summed E-state index contributed by atoms with van der Waals surface area (Å²) in [6.45, 7) is 7.64. The molecule has 6 nitrogen and oxygen atoms in total. The number of amides is 2. The van der Waals surface area contributed by atoms with E-state index in [1.54, 1.807) is 26.6 Å². The molecule has 1 aromatic carbocycles. The molecule has 0 N–H and O–H groups in total. The van der Waals surface area contributed by atoms with Gasteiger partial charge in [0.25, 0.3) is 5.56 Å². The molecular weight excluding hydrogens is 390 g/mol. The molecule has 1 aliphatic heterocycles. The maximum atomic E-state index is 12.6. The Morgan fingerprint density at radius 3 is 2.41 bits per heavy atom. The Bertz CT molecular complexity index is 991. The molecule has 29 heavy (non-hydrogen) atoms. The number of piperazine rings is 1. The molecule has 2 amide bonds. The summed E-state index contributed by atoms with van der Waals surface area (Å²) in [5.74, 6) is -0.141. The van der Waals surface area contributed by atoms with Crippen LogP contribution in [0.4, 0.5) is 0 Å². The monoisotopic (exact) mass is 413 g/mol. The highest BCUT2D eigenvalue weighted by molar-refractivity contribution is 6.33. The second-order valence-corrected chi connectivity index (χ2v) is 7.45. The van der Waals surface area contributed by atoms with Crippen LogP contribution in [0.15, 0.2) is 54.0 Å². The third-order valence-electron chi connectivity index (χ3n) is 5.18. The van der Waals surface area contributed by atoms with Gasteiger partial charge in [-0.1, -0.05) is 36.4 Å². The quantitative estimate of drug-likeness (QED) is 0.708. The Kier molecular flexibility index (Phi) is 6.54. The number of halogens is 1. The van der Waals surface area contributed by atoms with Crippen LogP contribution in [0, 0.1) is 6.92 Å². The summed E-state index contributed by atoms with van der Waals surface area (Å²) in [6, 6.07) is 9.05. The van der Waals surface area contributed by atoms with Crippen molar-refractivity contribution in [2.24, 2.45) is 0 Å². The number of rotatable bonds is 5. The van der Waals surface area contributed by atoms with E-state index < -0.39 is 0 Å². The maximum Gasteiger partial charge on any atom is 0.250 e. The van der Waals surface area contributed by atoms with Crippen molar-refractivity contribution in [3.8, 4) is 11.1 Å². The van der Waals surface area contributed by atoms with E-state index in [0.29, 0.717) is 37.7 Å². The molecule has 2 heterocycles. The molecule has 2 aromatic rings. The van der Waals surface area contributed by atoms with Crippen LogP contribution < -0.4 is 5.56 Å². The van der Waals surface area contributed by atoms with Crippen LogP contribution in [-0.2, 0) is 16.1 Å². The van der Waals surface area contributed by atoms with Crippen molar-refractivity contribution in [3.63, 3.8) is 0 Å². The van der Waals surface area contributed by atoms with Gasteiger partial charge in [0.2, 0.25) is 11.8 Å². The van der Waals surface area contributed by atoms with E-state index in [4.69, 9.17) is 11.6 Å². The van der Waals surface area contributed by atoms with Crippen molar-refractivity contribution >= 4 is 23.4 Å². The van der Waals surface area contributed by atoms with Crippen LogP contribution in [0.25, 0.3) is 11.1 Å². The van der Waals surface area contributed by atoms with Gasteiger partial charge in [-0.3, -0.25) is 14.4 Å². The van der Waals surface area contributed by atoms with Crippen LogP contribution in [0.1, 0.15) is 12.0 Å². The highest BCUT2D eigenvalue weighted by atomic mass is 35.5. The molecule has 0 spiro atoms. The zero-order valence-electron chi connectivity index (χ0n) is 16.4. The molecule has 0 bridgehead atoms. The standard InChI is InChI=1S/C22H24ClN3O3/c1-3-20(27)24-10-12-25(13-11-24)21(28)8-9-26-15-18(16(2)14-22(26)29)17-6-4-5-7-19(17)23/h3-7,14-15H,1,8-13H2,2H3. The van der Waals surface area contributed by atoms with E-state index in [2.05, 4.69) is 6.58 Å². The van der Waals surface area contributed by atoms with Crippen LogP contribution in [0.2, 0.25) is 5.02 Å². The number of pyridine rings is 1. The van der Waals surface area contributed by atoms with Crippen molar-refractivity contribution in [1.82, 2.24) is 14.4 Å². The summed E-state index contributed by atoms with van der Waals surface area (Å²) in [5.41, 5.74) is 2.43. The van der Waals surface area contributed by atoms with E-state index in [9.17, 15) is 14.4 Å². The summed E-state index contributed by atoms with van der Waals surface area (Å²) in [6.07, 6.45) is 3.28. The highest BCUT2D eigenvalue weighted by Gasteiger charge is 2.22. The molecule has 3 rings (SSSR count). The van der Waals surface area contributed by atoms with E-state index in [1.165, 1.54) is 6.08 Å². The Morgan fingerprint density at radius 1 is 1.10 bits per heavy atom. The largest absolute Gasteiger partial charge is 0.339 e. The Balaban J connectivity index is 1.68. The zero-order valence-corrected chi connectivity index (χ0v) is 17.2. The lowest BCUT2D eigenvalue weighted by Gasteiger charge is -2.34. The molecule has 0 radical (unpaired) electrons. The van der Waals surface area contributed by atoms with Gasteiger partial charge in [0.15, 0.2) is 0 Å². The second-order valence-electron chi connectivity index (χ2n) is 7.04. The highest BCUT2D eigenvalue weighted by Crippen LogP contribution is 2.29. The molecule has 152 valence electrons. The van der Waals surface area contributed by atoms with Gasteiger partial charge in [0, 0.05) is 67.6 Å². The average Bonchev–Trinajstić information content (AvgIpc) is 2.73. The molecule has 1 saturated heterocycles. The number of aromatic nitrogens is 1. The molecule has 1 aromatic heterocycles. The number of aryl methyl sites for hydroxylation is 2. The van der Waals surface area contributed by atoms with Gasteiger partial charge in [0.1, 0.15) is 0 Å². The molecular formula is C22H24ClN3O3. The van der Waals surface area contributed by atoms with Crippen molar-refractivity contribution < 1.29 is 9.59 Å². The smallest absolute Gasteiger partial charge is 0.250 e. The zero-order chi connectivity index (χ0) is 21.0. The van der Waals surface area contributed by atoms with Gasteiger partial charge in [-0.25, -0.2) is 0 Å². The molecule has 0 unspecified atom stereocenters. The molecule has 7 heteroatoms. The van der Waals surface area contributed by atoms with Gasteiger partial charge in [-0.05, 0) is 24.6 Å². The third-order valence-corrected chi connectivity index (χ3v) is 5.51. The van der Waals surface area contributed by atoms with Crippen molar-refractivity contribution in [3.05, 3.63) is 70.1 Å². The van der Waals surface area contributed by atoms with Crippen molar-refractivity contribution in [2.45, 2.75) is 19.9 Å². The first-order chi connectivity index (χ1) is 13.9. The summed E-state index contributed by atoms with van der Waals surface area (Å²) >= 11 is 6.31. The Morgan fingerprint density at radius 2 is 1.76 bits per heavy atom. The van der Waals surface area contributed by atoms with Gasteiger partial charge in [0.05, 0.1) is 0 Å². The number of hydrogen-bond donors (Lipinski definition) is 0. The molecule has 0 aliphatic carbocycles. The number of carbonyl (C=O) groups excluding carboxylic acids is 2. The topological polar surface area (TPSA) is 62.6 Å². The van der Waals surface area contributed by atoms with Gasteiger partial charge in [-0.15, -0.1) is 0 Å². The summed E-state index contributed by atoms with van der Waals surface area (Å²) < 4.78 is 1.56. The number of hydrogen-bond acceptors (Lipinski definition) is 3. The fraction of sp³-hybridized carbons (Fsp3) is 0.318. The third kappa shape index (κ3) is 4.77. The minimum atomic E-state index is -0.146. The van der Waals surface area contributed by atoms with E-state index in [1.807, 2.05) is 31.2 Å². The van der Waals surface area contributed by atoms with Crippen LogP contribution >= 0.6 is 11.6 Å². The molecule has 1 aliphatic rings. The fourth-order valence-corrected chi connectivity index (χ4v) is 3.72. The van der Waals surface area contributed by atoms with E-state index >= 15 is 0 Å². The van der Waals surface area contributed by atoms with Crippen LogP contribution in [0.5, 0.6) is 0 Å². The minimum absolute atomic E-state index is 0.0255. The Labute approximate surface area is 175 Å². The molecule has 0 saturated carbocycles. The van der Waals surface area contributed by atoms with Gasteiger partial charge < -0.3 is 14.4 Å². The first kappa shape index (κ1) is 20.9.